The van der Waals surface area contributed by atoms with E-state index in [-0.39, 0.29) is 6.42 Å². The fourth-order valence-electron chi connectivity index (χ4n) is 0.687. The molecule has 0 spiro atoms. The van der Waals surface area contributed by atoms with Gasteiger partial charge in [0.15, 0.2) is 0 Å². The average molecular weight is 155 g/mol. The van der Waals surface area contributed by atoms with Gasteiger partial charge in [-0.15, -0.1) is 6.42 Å². The Hall–Kier alpha value is -1.01. The van der Waals surface area contributed by atoms with Crippen molar-refractivity contribution >= 4 is 5.97 Å². The molecule has 0 aromatic carbocycles. The third-order valence-electron chi connectivity index (χ3n) is 1.22. The summed E-state index contributed by atoms with van der Waals surface area (Å²) in [6.07, 6.45) is 6.82. The van der Waals surface area contributed by atoms with Gasteiger partial charge in [0.1, 0.15) is 0 Å². The molecule has 0 aliphatic heterocycles. The average Bonchev–Trinajstić information content (AvgIpc) is 1.96. The Morgan fingerprint density at radius 3 is 2.82 bits per heavy atom. The van der Waals surface area contributed by atoms with Crippen LogP contribution in [0.4, 0.5) is 0 Å². The summed E-state index contributed by atoms with van der Waals surface area (Å²) < 4.78 is 0. The number of nitrogens with one attached hydrogen (secondary N) is 1. The Labute approximate surface area is 66.8 Å². The lowest BCUT2D eigenvalue weighted by molar-refractivity contribution is -0.137. The molecule has 0 aliphatic rings. The van der Waals surface area contributed by atoms with Gasteiger partial charge in [-0.05, 0) is 19.4 Å². The largest absolute Gasteiger partial charge is 0.481 e. The molecule has 0 saturated carbocycles. The minimum Gasteiger partial charge on any atom is -0.481 e. The van der Waals surface area contributed by atoms with Crippen molar-refractivity contribution < 1.29 is 9.90 Å². The van der Waals surface area contributed by atoms with Crippen LogP contribution in [0.5, 0.6) is 0 Å². The monoisotopic (exact) mass is 155 g/mol. The quantitative estimate of drug-likeness (QED) is 0.433. The number of unbranched alkanes of at least 4 members (excludes halogenated alkanes) is 1. The number of hydrogen-bond acceptors (Lipinski definition) is 2. The molecule has 0 atom stereocenters. The van der Waals surface area contributed by atoms with Gasteiger partial charge >= 0.3 is 5.97 Å². The fourth-order valence-corrected chi connectivity index (χ4v) is 0.687. The maximum atomic E-state index is 10.0. The first-order valence-electron chi connectivity index (χ1n) is 3.63. The van der Waals surface area contributed by atoms with Crippen LogP contribution in [0.15, 0.2) is 0 Å². The first-order valence-corrected chi connectivity index (χ1v) is 3.63. The summed E-state index contributed by atoms with van der Waals surface area (Å²) in [6, 6.07) is 0. The molecule has 0 unspecified atom stereocenters. The molecule has 0 rings (SSSR count). The predicted molar refractivity (Wildman–Crippen MR) is 43.2 cm³/mol. The summed E-state index contributed by atoms with van der Waals surface area (Å²) in [5.41, 5.74) is 0. The van der Waals surface area contributed by atoms with Crippen LogP contribution in [-0.2, 0) is 4.79 Å². The summed E-state index contributed by atoms with van der Waals surface area (Å²) >= 11 is 0. The van der Waals surface area contributed by atoms with Crippen molar-refractivity contribution in [2.75, 3.05) is 13.1 Å². The molecule has 0 heterocycles. The van der Waals surface area contributed by atoms with Gasteiger partial charge < -0.3 is 10.4 Å². The summed E-state index contributed by atoms with van der Waals surface area (Å²) in [7, 11) is 0. The van der Waals surface area contributed by atoms with E-state index >= 15 is 0 Å². The second-order valence-electron chi connectivity index (χ2n) is 2.23. The van der Waals surface area contributed by atoms with Gasteiger partial charge in [-0.2, -0.15) is 0 Å². The normalized spacial score (nSPS) is 9.00. The second-order valence-corrected chi connectivity index (χ2v) is 2.23. The summed E-state index contributed by atoms with van der Waals surface area (Å²) in [5, 5.41) is 11.2. The molecule has 0 aliphatic carbocycles. The molecule has 0 fully saturated rings. The molecule has 2 N–H and O–H groups in total. The molecule has 0 radical (unpaired) electrons. The van der Waals surface area contributed by atoms with Crippen LogP contribution in [0.3, 0.4) is 0 Å². The Kier molecular flexibility index (Phi) is 6.45. The number of rotatable bonds is 6. The molecular weight excluding hydrogens is 142 g/mol. The van der Waals surface area contributed by atoms with Gasteiger partial charge in [-0.25, -0.2) is 0 Å². The molecular formula is C8H13NO2. The highest BCUT2D eigenvalue weighted by atomic mass is 16.4. The zero-order chi connectivity index (χ0) is 8.53. The van der Waals surface area contributed by atoms with Gasteiger partial charge in [-0.3, -0.25) is 4.79 Å². The Bertz CT molecular complexity index is 149. The number of aliphatic carboxylic acids is 1. The molecule has 0 aromatic heterocycles. The molecule has 3 heteroatoms. The highest BCUT2D eigenvalue weighted by Crippen LogP contribution is 1.92. The van der Waals surface area contributed by atoms with Crippen molar-refractivity contribution in [3.8, 4) is 12.3 Å². The van der Waals surface area contributed by atoms with Crippen LogP contribution in [0.2, 0.25) is 0 Å². The van der Waals surface area contributed by atoms with Crippen molar-refractivity contribution in [1.82, 2.24) is 5.32 Å². The number of carbonyl (C=O) groups is 1. The first-order chi connectivity index (χ1) is 5.27. The number of carboxylic acid groups (broad SMARTS) is 1. The van der Waals surface area contributed by atoms with Crippen LogP contribution < -0.4 is 5.32 Å². The van der Waals surface area contributed by atoms with E-state index in [2.05, 4.69) is 11.2 Å². The topological polar surface area (TPSA) is 49.3 Å². The van der Waals surface area contributed by atoms with Gasteiger partial charge in [0.05, 0.1) is 6.54 Å². The lowest BCUT2D eigenvalue weighted by atomic mass is 10.2. The van der Waals surface area contributed by atoms with E-state index in [0.29, 0.717) is 13.0 Å². The van der Waals surface area contributed by atoms with E-state index < -0.39 is 5.97 Å². The molecule has 0 bridgehead atoms. The predicted octanol–water partition coefficient (Wildman–Crippen LogP) is 0.464. The van der Waals surface area contributed by atoms with Crippen LogP contribution in [0, 0.1) is 12.3 Å². The van der Waals surface area contributed by atoms with Crippen molar-refractivity contribution in [3.63, 3.8) is 0 Å². The van der Waals surface area contributed by atoms with Crippen LogP contribution >= 0.6 is 0 Å². The maximum absolute atomic E-state index is 10.0. The van der Waals surface area contributed by atoms with Gasteiger partial charge in [0.2, 0.25) is 0 Å². The fraction of sp³-hybridized carbons (Fsp3) is 0.625. The van der Waals surface area contributed by atoms with Crippen molar-refractivity contribution in [2.45, 2.75) is 19.3 Å². The van der Waals surface area contributed by atoms with Crippen LogP contribution in [-0.4, -0.2) is 24.2 Å². The number of terminal acetylenes is 1. The zero-order valence-electron chi connectivity index (χ0n) is 6.47. The van der Waals surface area contributed by atoms with Crippen LogP contribution in [0.1, 0.15) is 19.3 Å². The van der Waals surface area contributed by atoms with E-state index in [1.54, 1.807) is 0 Å². The Morgan fingerprint density at radius 1 is 1.55 bits per heavy atom. The molecule has 3 nitrogen and oxygen atoms in total. The second kappa shape index (κ2) is 7.10. The third-order valence-corrected chi connectivity index (χ3v) is 1.22. The lowest BCUT2D eigenvalue weighted by Gasteiger charge is -1.97. The number of carboxylic acids is 1. The zero-order valence-corrected chi connectivity index (χ0v) is 6.47. The molecule has 0 saturated heterocycles. The van der Waals surface area contributed by atoms with E-state index in [9.17, 15) is 4.79 Å². The van der Waals surface area contributed by atoms with Crippen molar-refractivity contribution in [3.05, 3.63) is 0 Å². The van der Waals surface area contributed by atoms with Gasteiger partial charge in [-0.1, -0.05) is 5.92 Å². The van der Waals surface area contributed by atoms with Gasteiger partial charge in [0, 0.05) is 6.42 Å². The Morgan fingerprint density at radius 2 is 2.27 bits per heavy atom. The summed E-state index contributed by atoms with van der Waals surface area (Å²) in [5.74, 6) is 1.71. The summed E-state index contributed by atoms with van der Waals surface area (Å²) in [6.45, 7) is 1.37. The molecule has 0 amide bonds. The third kappa shape index (κ3) is 8.99. The smallest absolute Gasteiger partial charge is 0.303 e. The van der Waals surface area contributed by atoms with E-state index in [0.717, 1.165) is 13.0 Å². The van der Waals surface area contributed by atoms with Crippen molar-refractivity contribution in [1.29, 1.82) is 0 Å². The van der Waals surface area contributed by atoms with Crippen LogP contribution in [0.25, 0.3) is 0 Å². The molecule has 0 aromatic rings. The highest BCUT2D eigenvalue weighted by Gasteiger charge is 1.94. The maximum Gasteiger partial charge on any atom is 0.303 e. The van der Waals surface area contributed by atoms with E-state index in [1.165, 1.54) is 0 Å². The lowest BCUT2D eigenvalue weighted by Crippen LogP contribution is -2.15. The minimum atomic E-state index is -0.734. The summed E-state index contributed by atoms with van der Waals surface area (Å²) in [4.78, 5) is 10.0. The van der Waals surface area contributed by atoms with Gasteiger partial charge in [0.25, 0.3) is 0 Å². The highest BCUT2D eigenvalue weighted by molar-refractivity contribution is 5.66. The van der Waals surface area contributed by atoms with E-state index in [1.807, 2.05) is 0 Å². The molecule has 11 heavy (non-hydrogen) atoms. The Balaban J connectivity index is 2.92. The van der Waals surface area contributed by atoms with E-state index in [4.69, 9.17) is 11.5 Å². The molecule has 62 valence electrons. The van der Waals surface area contributed by atoms with Crippen molar-refractivity contribution in [2.24, 2.45) is 0 Å². The first kappa shape index (κ1) is 9.99. The number of hydrogen-bond donors (Lipinski definition) is 2. The minimum absolute atomic E-state index is 0.248. The SMILES string of the molecule is C#CCNCCCCC(=O)O. The standard InChI is InChI=1S/C8H13NO2/c1-2-6-9-7-4-3-5-8(10)11/h1,9H,3-7H2,(H,10,11).